The maximum Gasteiger partial charge on any atom is 0.185 e. The predicted octanol–water partition coefficient (Wildman–Crippen LogP) is 2.71. The van der Waals surface area contributed by atoms with Crippen molar-refractivity contribution in [2.24, 2.45) is 11.7 Å². The van der Waals surface area contributed by atoms with Crippen molar-refractivity contribution < 1.29 is 0 Å². The van der Waals surface area contributed by atoms with Gasteiger partial charge in [0.2, 0.25) is 0 Å². The highest BCUT2D eigenvalue weighted by atomic mass is 32.1. The minimum Gasteiger partial charge on any atom is -0.348 e. The van der Waals surface area contributed by atoms with Gasteiger partial charge >= 0.3 is 0 Å². The molecular weight excluding hydrogens is 230 g/mol. The third-order valence-electron chi connectivity index (χ3n) is 4.08. The molecule has 3 rings (SSSR count). The van der Waals surface area contributed by atoms with Crippen LogP contribution in [0, 0.1) is 5.92 Å². The van der Waals surface area contributed by atoms with E-state index in [1.807, 2.05) is 0 Å². The largest absolute Gasteiger partial charge is 0.348 e. The number of rotatable bonds is 5. The summed E-state index contributed by atoms with van der Waals surface area (Å²) in [6.45, 7) is 2.97. The lowest BCUT2D eigenvalue weighted by atomic mass is 10.2. The maximum atomic E-state index is 5.83. The van der Waals surface area contributed by atoms with E-state index in [2.05, 4.69) is 18.9 Å². The van der Waals surface area contributed by atoms with Crippen LogP contribution in [0.4, 0.5) is 5.13 Å². The zero-order chi connectivity index (χ0) is 12.0. The van der Waals surface area contributed by atoms with E-state index < -0.39 is 0 Å². The van der Waals surface area contributed by atoms with Gasteiger partial charge in [-0.1, -0.05) is 0 Å². The average Bonchev–Trinajstić information content (AvgIpc) is 3.23. The lowest BCUT2D eigenvalue weighted by Crippen LogP contribution is -2.30. The molecule has 3 nitrogen and oxygen atoms in total. The van der Waals surface area contributed by atoms with Gasteiger partial charge in [0, 0.05) is 30.4 Å². The minimum absolute atomic E-state index is 0.624. The first-order valence-electron chi connectivity index (χ1n) is 6.63. The minimum atomic E-state index is 0.624. The summed E-state index contributed by atoms with van der Waals surface area (Å²) in [5, 5.41) is 1.17. The first-order chi connectivity index (χ1) is 8.20. The number of nitrogens with two attached hydrogens (primary N) is 1. The number of aromatic nitrogens is 1. The van der Waals surface area contributed by atoms with E-state index >= 15 is 0 Å². The first kappa shape index (κ1) is 11.5. The van der Waals surface area contributed by atoms with Crippen molar-refractivity contribution in [2.75, 3.05) is 11.9 Å². The molecule has 0 bridgehead atoms. The summed E-state index contributed by atoms with van der Waals surface area (Å²) in [6, 6.07) is 0.624. The molecule has 2 saturated carbocycles. The van der Waals surface area contributed by atoms with Crippen LogP contribution in [0.1, 0.15) is 49.1 Å². The number of thiazole rings is 1. The molecule has 1 heterocycles. The number of hydrogen-bond acceptors (Lipinski definition) is 4. The lowest BCUT2D eigenvalue weighted by molar-refractivity contribution is 0.607. The molecule has 1 atom stereocenters. The monoisotopic (exact) mass is 251 g/mol. The van der Waals surface area contributed by atoms with Crippen LogP contribution in [0.25, 0.3) is 0 Å². The third kappa shape index (κ3) is 2.20. The lowest BCUT2D eigenvalue weighted by Gasteiger charge is -2.23. The molecule has 2 fully saturated rings. The Morgan fingerprint density at radius 1 is 1.41 bits per heavy atom. The molecule has 0 aromatic carbocycles. The maximum absolute atomic E-state index is 5.83. The van der Waals surface area contributed by atoms with E-state index in [1.54, 1.807) is 11.3 Å². The van der Waals surface area contributed by atoms with E-state index in [4.69, 9.17) is 10.7 Å². The van der Waals surface area contributed by atoms with Crippen molar-refractivity contribution in [1.29, 1.82) is 0 Å². The molecule has 4 heteroatoms. The van der Waals surface area contributed by atoms with E-state index in [0.717, 1.165) is 5.92 Å². The summed E-state index contributed by atoms with van der Waals surface area (Å²) in [5.74, 6) is 1.60. The molecule has 0 aliphatic heterocycles. The van der Waals surface area contributed by atoms with Crippen LogP contribution in [-0.2, 0) is 6.54 Å². The number of anilines is 1. The Morgan fingerprint density at radius 3 is 2.65 bits per heavy atom. The summed E-state index contributed by atoms with van der Waals surface area (Å²) in [7, 11) is 2.18. The van der Waals surface area contributed by atoms with Gasteiger partial charge in [-0.3, -0.25) is 0 Å². The number of nitrogens with zero attached hydrogens (tertiary/aromatic N) is 2. The molecule has 1 unspecified atom stereocenters. The Hall–Kier alpha value is -0.610. The molecule has 1 aromatic heterocycles. The van der Waals surface area contributed by atoms with Gasteiger partial charge < -0.3 is 10.6 Å². The van der Waals surface area contributed by atoms with Gasteiger partial charge in [-0.2, -0.15) is 0 Å². The summed E-state index contributed by atoms with van der Waals surface area (Å²) < 4.78 is 0. The Labute approximate surface area is 107 Å². The molecule has 17 heavy (non-hydrogen) atoms. The van der Waals surface area contributed by atoms with Gasteiger partial charge in [0.25, 0.3) is 0 Å². The van der Waals surface area contributed by atoms with E-state index in [0.29, 0.717) is 18.5 Å². The quantitative estimate of drug-likeness (QED) is 0.875. The third-order valence-corrected chi connectivity index (χ3v) is 5.27. The van der Waals surface area contributed by atoms with Gasteiger partial charge in [-0.25, -0.2) is 4.98 Å². The Morgan fingerprint density at radius 2 is 2.12 bits per heavy atom. The van der Waals surface area contributed by atoms with Crippen molar-refractivity contribution in [2.45, 2.75) is 51.1 Å². The zero-order valence-corrected chi connectivity index (χ0v) is 11.5. The van der Waals surface area contributed by atoms with Crippen molar-refractivity contribution in [3.05, 3.63) is 10.6 Å². The fourth-order valence-corrected chi connectivity index (χ4v) is 3.47. The Balaban J connectivity index is 1.81. The summed E-state index contributed by atoms with van der Waals surface area (Å²) in [4.78, 5) is 8.50. The SMILES string of the molecule is CC(C1CC1)N(C)c1nc(C2CC2)c(CN)s1. The van der Waals surface area contributed by atoms with Gasteiger partial charge in [0.15, 0.2) is 5.13 Å². The standard InChI is InChI=1S/C13H21N3S/c1-8(9-3-4-9)16(2)13-15-12(10-5-6-10)11(7-14)17-13/h8-10H,3-7,14H2,1-2H3. The zero-order valence-electron chi connectivity index (χ0n) is 10.6. The number of hydrogen-bond donors (Lipinski definition) is 1. The summed E-state index contributed by atoms with van der Waals surface area (Å²) in [5.41, 5.74) is 7.12. The fourth-order valence-electron chi connectivity index (χ4n) is 2.39. The van der Waals surface area contributed by atoms with Gasteiger partial charge in [-0.15, -0.1) is 11.3 Å². The highest BCUT2D eigenvalue weighted by molar-refractivity contribution is 7.15. The van der Waals surface area contributed by atoms with Crippen molar-refractivity contribution in [3.63, 3.8) is 0 Å². The second-order valence-electron chi connectivity index (χ2n) is 5.47. The smallest absolute Gasteiger partial charge is 0.185 e. The van der Waals surface area contributed by atoms with E-state index in [1.165, 1.54) is 41.4 Å². The van der Waals surface area contributed by atoms with E-state index in [9.17, 15) is 0 Å². The van der Waals surface area contributed by atoms with E-state index in [-0.39, 0.29) is 0 Å². The average molecular weight is 251 g/mol. The fraction of sp³-hybridized carbons (Fsp3) is 0.769. The van der Waals surface area contributed by atoms with Gasteiger partial charge in [0.1, 0.15) is 0 Å². The van der Waals surface area contributed by atoms with Crippen LogP contribution >= 0.6 is 11.3 Å². The molecule has 0 saturated heterocycles. The van der Waals surface area contributed by atoms with Crippen LogP contribution in [-0.4, -0.2) is 18.1 Å². The molecule has 1 aromatic rings. The molecule has 2 aliphatic carbocycles. The van der Waals surface area contributed by atoms with Crippen molar-refractivity contribution in [3.8, 4) is 0 Å². The second kappa shape index (κ2) is 4.25. The normalized spacial score (nSPS) is 21.6. The van der Waals surface area contributed by atoms with Gasteiger partial charge in [0.05, 0.1) is 5.69 Å². The molecule has 0 radical (unpaired) electrons. The Bertz CT molecular complexity index is 407. The van der Waals surface area contributed by atoms with Crippen LogP contribution < -0.4 is 10.6 Å². The topological polar surface area (TPSA) is 42.2 Å². The van der Waals surface area contributed by atoms with Gasteiger partial charge in [-0.05, 0) is 38.5 Å². The van der Waals surface area contributed by atoms with Crippen LogP contribution in [0.3, 0.4) is 0 Å². The molecule has 0 amide bonds. The van der Waals surface area contributed by atoms with Crippen LogP contribution in [0.2, 0.25) is 0 Å². The molecule has 2 N–H and O–H groups in total. The Kier molecular flexibility index (Phi) is 2.87. The molecule has 2 aliphatic rings. The van der Waals surface area contributed by atoms with Crippen molar-refractivity contribution in [1.82, 2.24) is 4.98 Å². The highest BCUT2D eigenvalue weighted by Gasteiger charge is 2.34. The van der Waals surface area contributed by atoms with Crippen molar-refractivity contribution >= 4 is 16.5 Å². The van der Waals surface area contributed by atoms with Crippen LogP contribution in [0.15, 0.2) is 0 Å². The molecule has 0 spiro atoms. The predicted molar refractivity (Wildman–Crippen MR) is 72.6 cm³/mol. The first-order valence-corrected chi connectivity index (χ1v) is 7.45. The highest BCUT2D eigenvalue weighted by Crippen LogP contribution is 2.45. The molecule has 94 valence electrons. The van der Waals surface area contributed by atoms with Crippen LogP contribution in [0.5, 0.6) is 0 Å². The summed E-state index contributed by atoms with van der Waals surface area (Å²) in [6.07, 6.45) is 5.38. The molecular formula is C13H21N3S. The second-order valence-corrected chi connectivity index (χ2v) is 6.53. The summed E-state index contributed by atoms with van der Waals surface area (Å²) >= 11 is 1.80.